The summed E-state index contributed by atoms with van der Waals surface area (Å²) >= 11 is 0. The molecule has 0 radical (unpaired) electrons. The van der Waals surface area contributed by atoms with Crippen molar-refractivity contribution in [2.45, 2.75) is 19.1 Å². The van der Waals surface area contributed by atoms with Crippen molar-refractivity contribution in [2.75, 3.05) is 12.8 Å². The van der Waals surface area contributed by atoms with E-state index in [0.29, 0.717) is 28.1 Å². The monoisotopic (exact) mass is 428 g/mol. The van der Waals surface area contributed by atoms with Crippen LogP contribution in [0.5, 0.6) is 0 Å². The number of aromatic nitrogens is 4. The third-order valence-electron chi connectivity index (χ3n) is 5.40. The second-order valence-corrected chi connectivity index (χ2v) is 7.32. The van der Waals surface area contributed by atoms with E-state index in [1.54, 1.807) is 50.1 Å². The first-order valence-corrected chi connectivity index (χ1v) is 9.39. The lowest BCUT2D eigenvalue weighted by Crippen LogP contribution is -2.30. The fourth-order valence-electron chi connectivity index (χ4n) is 3.50. The number of halogens is 3. The molecule has 4 aromatic rings. The zero-order valence-electron chi connectivity index (χ0n) is 17.0. The van der Waals surface area contributed by atoms with Crippen molar-refractivity contribution in [3.63, 3.8) is 0 Å². The predicted molar refractivity (Wildman–Crippen MR) is 110 cm³/mol. The number of benzene rings is 1. The molecule has 10 heteroatoms. The van der Waals surface area contributed by atoms with E-state index < -0.39 is 17.8 Å². The molecule has 3 heterocycles. The minimum atomic E-state index is -4.46. The summed E-state index contributed by atoms with van der Waals surface area (Å²) in [6.45, 7) is 1.70. The number of rotatable bonds is 3. The Hall–Kier alpha value is -3.69. The standard InChI is InChI=1S/C21H19F3N6O/c1-11(16-7-5-13(9-26-16)21(22,23)24)29(2)20(31)12-4-6-17-14(8-12)15-10-27-30(3)18(15)19(25)28-17/h4-11H,1-3H3,(H2,25,28)/t11-/m1/s1. The Morgan fingerprint density at radius 1 is 1.16 bits per heavy atom. The van der Waals surface area contributed by atoms with Gasteiger partial charge >= 0.3 is 6.18 Å². The lowest BCUT2D eigenvalue weighted by molar-refractivity contribution is -0.137. The van der Waals surface area contributed by atoms with E-state index in [9.17, 15) is 18.0 Å². The molecule has 0 bridgehead atoms. The topological polar surface area (TPSA) is 89.9 Å². The van der Waals surface area contributed by atoms with Crippen molar-refractivity contribution >= 4 is 33.5 Å². The molecule has 0 aliphatic carbocycles. The van der Waals surface area contributed by atoms with Gasteiger partial charge in [0.1, 0.15) is 11.3 Å². The second-order valence-electron chi connectivity index (χ2n) is 7.32. The van der Waals surface area contributed by atoms with Crippen LogP contribution in [0.4, 0.5) is 19.0 Å². The molecule has 0 unspecified atom stereocenters. The highest BCUT2D eigenvalue weighted by atomic mass is 19.4. The lowest BCUT2D eigenvalue weighted by Gasteiger charge is -2.25. The Bertz CT molecular complexity index is 1300. The minimum absolute atomic E-state index is 0.301. The largest absolute Gasteiger partial charge is 0.417 e. The maximum atomic E-state index is 13.1. The molecular formula is C21H19F3N6O. The van der Waals surface area contributed by atoms with Crippen molar-refractivity contribution in [2.24, 2.45) is 7.05 Å². The molecule has 0 aliphatic rings. The molecule has 160 valence electrons. The van der Waals surface area contributed by atoms with Crippen LogP contribution in [0.25, 0.3) is 21.8 Å². The van der Waals surface area contributed by atoms with Gasteiger partial charge in [-0.05, 0) is 37.3 Å². The zero-order valence-corrected chi connectivity index (χ0v) is 17.0. The third kappa shape index (κ3) is 3.54. The summed E-state index contributed by atoms with van der Waals surface area (Å²) in [5.41, 5.74) is 7.27. The molecule has 1 amide bonds. The highest BCUT2D eigenvalue weighted by molar-refractivity contribution is 6.10. The lowest BCUT2D eigenvalue weighted by atomic mass is 10.1. The summed E-state index contributed by atoms with van der Waals surface area (Å²) < 4.78 is 39.9. The zero-order chi connectivity index (χ0) is 22.5. The van der Waals surface area contributed by atoms with Crippen molar-refractivity contribution in [1.29, 1.82) is 0 Å². The van der Waals surface area contributed by atoms with Crippen LogP contribution in [-0.2, 0) is 13.2 Å². The normalized spacial score (nSPS) is 13.0. The number of nitrogens with two attached hydrogens (primary N) is 1. The molecule has 31 heavy (non-hydrogen) atoms. The van der Waals surface area contributed by atoms with Crippen LogP contribution in [0.15, 0.2) is 42.7 Å². The summed E-state index contributed by atoms with van der Waals surface area (Å²) in [6.07, 6.45) is -2.02. The molecule has 0 saturated heterocycles. The number of pyridine rings is 2. The van der Waals surface area contributed by atoms with Gasteiger partial charge in [0, 0.05) is 36.6 Å². The van der Waals surface area contributed by atoms with E-state index in [4.69, 9.17) is 5.73 Å². The summed E-state index contributed by atoms with van der Waals surface area (Å²) in [5, 5.41) is 5.73. The molecule has 0 fully saturated rings. The van der Waals surface area contributed by atoms with Crippen LogP contribution in [-0.4, -0.2) is 37.6 Å². The third-order valence-corrected chi connectivity index (χ3v) is 5.40. The first-order chi connectivity index (χ1) is 14.6. The van der Waals surface area contributed by atoms with E-state index in [2.05, 4.69) is 15.1 Å². The van der Waals surface area contributed by atoms with E-state index in [-0.39, 0.29) is 5.91 Å². The van der Waals surface area contributed by atoms with Crippen molar-refractivity contribution < 1.29 is 18.0 Å². The quantitative estimate of drug-likeness (QED) is 0.534. The summed E-state index contributed by atoms with van der Waals surface area (Å²) in [7, 11) is 3.34. The Kier molecular flexibility index (Phi) is 4.79. The molecular weight excluding hydrogens is 409 g/mol. The number of alkyl halides is 3. The first kappa shape index (κ1) is 20.6. The molecule has 0 spiro atoms. The van der Waals surface area contributed by atoms with Gasteiger partial charge in [0.2, 0.25) is 0 Å². The Morgan fingerprint density at radius 3 is 2.55 bits per heavy atom. The Morgan fingerprint density at radius 2 is 1.90 bits per heavy atom. The molecule has 1 aromatic carbocycles. The van der Waals surface area contributed by atoms with Crippen LogP contribution in [0.1, 0.15) is 34.6 Å². The second kappa shape index (κ2) is 7.22. The van der Waals surface area contributed by atoms with E-state index in [0.717, 1.165) is 23.0 Å². The van der Waals surface area contributed by atoms with Gasteiger partial charge in [0.25, 0.3) is 5.91 Å². The molecule has 4 rings (SSSR count). The number of anilines is 1. The number of aryl methyl sites for hydroxylation is 1. The predicted octanol–water partition coefficient (Wildman–Crippen LogP) is 3.95. The number of nitrogen functional groups attached to an aromatic ring is 1. The van der Waals surface area contributed by atoms with E-state index in [1.165, 1.54) is 11.0 Å². The van der Waals surface area contributed by atoms with Crippen LogP contribution in [0.2, 0.25) is 0 Å². The van der Waals surface area contributed by atoms with Gasteiger partial charge in [-0.15, -0.1) is 0 Å². The first-order valence-electron chi connectivity index (χ1n) is 9.39. The minimum Gasteiger partial charge on any atom is -0.382 e. The van der Waals surface area contributed by atoms with Crippen LogP contribution >= 0.6 is 0 Å². The SMILES string of the molecule is C[C@H](c1ccc(C(F)(F)F)cn1)N(C)C(=O)c1ccc2nc(N)c3c(cnn3C)c2c1. The van der Waals surface area contributed by atoms with Gasteiger partial charge in [-0.3, -0.25) is 14.5 Å². The number of fused-ring (bicyclic) bond motifs is 3. The molecule has 0 aliphatic heterocycles. The van der Waals surface area contributed by atoms with Gasteiger partial charge < -0.3 is 10.6 Å². The highest BCUT2D eigenvalue weighted by Crippen LogP contribution is 2.31. The van der Waals surface area contributed by atoms with Crippen LogP contribution in [0.3, 0.4) is 0 Å². The van der Waals surface area contributed by atoms with Gasteiger partial charge in [-0.25, -0.2) is 4.98 Å². The van der Waals surface area contributed by atoms with Crippen LogP contribution < -0.4 is 5.73 Å². The van der Waals surface area contributed by atoms with Gasteiger partial charge in [-0.2, -0.15) is 18.3 Å². The Balaban J connectivity index is 1.67. The smallest absolute Gasteiger partial charge is 0.382 e. The fraction of sp³-hybridized carbons (Fsp3) is 0.238. The average molecular weight is 428 g/mol. The maximum Gasteiger partial charge on any atom is 0.417 e. The maximum absolute atomic E-state index is 13.1. The van der Waals surface area contributed by atoms with Crippen molar-refractivity contribution in [3.8, 4) is 0 Å². The fourth-order valence-corrected chi connectivity index (χ4v) is 3.50. The van der Waals surface area contributed by atoms with Crippen molar-refractivity contribution in [3.05, 3.63) is 59.5 Å². The molecule has 3 aromatic heterocycles. The number of nitrogens with zero attached hydrogens (tertiary/aromatic N) is 5. The number of hydrogen-bond acceptors (Lipinski definition) is 5. The molecule has 7 nitrogen and oxygen atoms in total. The molecule has 2 N–H and O–H groups in total. The van der Waals surface area contributed by atoms with E-state index in [1.807, 2.05) is 0 Å². The van der Waals surface area contributed by atoms with Crippen molar-refractivity contribution in [1.82, 2.24) is 24.6 Å². The van der Waals surface area contributed by atoms with E-state index >= 15 is 0 Å². The van der Waals surface area contributed by atoms with Crippen LogP contribution in [0, 0.1) is 0 Å². The van der Waals surface area contributed by atoms with Gasteiger partial charge in [0.15, 0.2) is 0 Å². The summed E-state index contributed by atoms with van der Waals surface area (Å²) in [6, 6.07) is 6.78. The Labute approximate surface area is 175 Å². The number of carbonyl (C=O) groups excluding carboxylic acids is 1. The number of carbonyl (C=O) groups is 1. The average Bonchev–Trinajstić information content (AvgIpc) is 3.14. The van der Waals surface area contributed by atoms with Gasteiger partial charge in [0.05, 0.1) is 29.0 Å². The van der Waals surface area contributed by atoms with Gasteiger partial charge in [-0.1, -0.05) is 0 Å². The summed E-state index contributed by atoms with van der Waals surface area (Å²) in [5.74, 6) is 0.0469. The highest BCUT2D eigenvalue weighted by Gasteiger charge is 2.31. The number of hydrogen-bond donors (Lipinski definition) is 1. The summed E-state index contributed by atoms with van der Waals surface area (Å²) in [4.78, 5) is 22.8. The molecule has 0 saturated carbocycles. The number of amides is 1. The molecule has 1 atom stereocenters.